The third kappa shape index (κ3) is 2.29. The lowest BCUT2D eigenvalue weighted by Gasteiger charge is -2.04. The van der Waals surface area contributed by atoms with Gasteiger partial charge < -0.3 is 0 Å². The van der Waals surface area contributed by atoms with E-state index in [0.29, 0.717) is 6.54 Å². The highest BCUT2D eigenvalue weighted by Gasteiger charge is 2.03. The Hall–Kier alpha value is -1.47. The third-order valence-electron chi connectivity index (χ3n) is 1.62. The van der Waals surface area contributed by atoms with Gasteiger partial charge in [-0.2, -0.15) is 0 Å². The second-order valence-electron chi connectivity index (χ2n) is 2.59. The van der Waals surface area contributed by atoms with Crippen LogP contribution in [0.4, 0.5) is 0 Å². The number of pyridine rings is 1. The first-order valence-corrected chi connectivity index (χ1v) is 3.79. The average molecular weight is 162 g/mol. The predicted molar refractivity (Wildman–Crippen MR) is 45.6 cm³/mol. The first kappa shape index (κ1) is 8.62. The van der Waals surface area contributed by atoms with Gasteiger partial charge in [0.05, 0.1) is 6.54 Å². The van der Waals surface area contributed by atoms with Crippen molar-refractivity contribution in [2.24, 2.45) is 4.99 Å². The molecule has 0 amide bonds. The molecule has 0 saturated carbocycles. The molecule has 12 heavy (non-hydrogen) atoms. The topological polar surface area (TPSA) is 42.3 Å². The van der Waals surface area contributed by atoms with Crippen LogP contribution in [0.1, 0.15) is 18.5 Å². The van der Waals surface area contributed by atoms with E-state index in [1.807, 2.05) is 25.1 Å². The van der Waals surface area contributed by atoms with Crippen molar-refractivity contribution < 1.29 is 4.79 Å². The Bertz CT molecular complexity index is 278. The van der Waals surface area contributed by atoms with Crippen molar-refractivity contribution in [1.82, 2.24) is 4.98 Å². The van der Waals surface area contributed by atoms with Gasteiger partial charge >= 0.3 is 0 Å². The van der Waals surface area contributed by atoms with E-state index < -0.39 is 0 Å². The van der Waals surface area contributed by atoms with Crippen LogP contribution in [0, 0.1) is 0 Å². The fraction of sp³-hybridized carbons (Fsp3) is 0.333. The van der Waals surface area contributed by atoms with E-state index in [-0.39, 0.29) is 5.92 Å². The highest BCUT2D eigenvalue weighted by molar-refractivity contribution is 5.33. The Morgan fingerprint density at radius 1 is 1.67 bits per heavy atom. The summed E-state index contributed by atoms with van der Waals surface area (Å²) in [6.45, 7) is 2.43. The van der Waals surface area contributed by atoms with Gasteiger partial charge in [-0.1, -0.05) is 13.0 Å². The molecule has 1 unspecified atom stereocenters. The Morgan fingerprint density at radius 2 is 2.50 bits per heavy atom. The summed E-state index contributed by atoms with van der Waals surface area (Å²) in [6.07, 6.45) is 3.25. The first-order valence-electron chi connectivity index (χ1n) is 3.79. The molecule has 0 aliphatic heterocycles. The van der Waals surface area contributed by atoms with Gasteiger partial charge in [0.25, 0.3) is 0 Å². The van der Waals surface area contributed by atoms with Crippen LogP contribution in [-0.2, 0) is 4.79 Å². The summed E-state index contributed by atoms with van der Waals surface area (Å²) >= 11 is 0. The van der Waals surface area contributed by atoms with Crippen molar-refractivity contribution in [2.45, 2.75) is 12.8 Å². The zero-order valence-corrected chi connectivity index (χ0v) is 6.90. The molecule has 1 aromatic heterocycles. The SMILES string of the molecule is CC(CN=C=O)c1ccccn1. The van der Waals surface area contributed by atoms with Crippen LogP contribution in [0.15, 0.2) is 29.4 Å². The molecule has 1 atom stereocenters. The molecule has 0 N–H and O–H groups in total. The van der Waals surface area contributed by atoms with Crippen LogP contribution in [-0.4, -0.2) is 17.6 Å². The normalized spacial score (nSPS) is 11.8. The molecule has 62 valence electrons. The molecule has 0 spiro atoms. The molecule has 0 fully saturated rings. The molecule has 0 aliphatic carbocycles. The zero-order valence-electron chi connectivity index (χ0n) is 6.90. The summed E-state index contributed by atoms with van der Waals surface area (Å²) in [5.74, 6) is 0.188. The smallest absolute Gasteiger partial charge is 0.234 e. The van der Waals surface area contributed by atoms with Gasteiger partial charge in [-0.3, -0.25) is 4.98 Å². The number of hydrogen-bond donors (Lipinski definition) is 0. The minimum atomic E-state index is 0.188. The molecule has 0 bridgehead atoms. The lowest BCUT2D eigenvalue weighted by molar-refractivity contribution is 0.561. The Labute approximate surface area is 71.2 Å². The fourth-order valence-corrected chi connectivity index (χ4v) is 0.935. The van der Waals surface area contributed by atoms with E-state index in [0.717, 1.165) is 5.69 Å². The first-order chi connectivity index (χ1) is 5.84. The summed E-state index contributed by atoms with van der Waals surface area (Å²) in [6, 6.07) is 5.70. The Kier molecular flexibility index (Phi) is 3.17. The molecule has 3 heteroatoms. The maximum absolute atomic E-state index is 9.83. The van der Waals surface area contributed by atoms with E-state index in [1.54, 1.807) is 6.20 Å². The van der Waals surface area contributed by atoms with Crippen LogP contribution < -0.4 is 0 Å². The van der Waals surface area contributed by atoms with Crippen molar-refractivity contribution in [2.75, 3.05) is 6.54 Å². The van der Waals surface area contributed by atoms with Crippen molar-refractivity contribution in [1.29, 1.82) is 0 Å². The van der Waals surface area contributed by atoms with E-state index in [1.165, 1.54) is 6.08 Å². The molecular weight excluding hydrogens is 152 g/mol. The van der Waals surface area contributed by atoms with E-state index in [4.69, 9.17) is 0 Å². The predicted octanol–water partition coefficient (Wildman–Crippen LogP) is 1.52. The number of hydrogen-bond acceptors (Lipinski definition) is 3. The largest absolute Gasteiger partial charge is 0.261 e. The Morgan fingerprint density at radius 3 is 3.08 bits per heavy atom. The quantitative estimate of drug-likeness (QED) is 0.499. The summed E-state index contributed by atoms with van der Waals surface area (Å²) < 4.78 is 0. The summed E-state index contributed by atoms with van der Waals surface area (Å²) in [7, 11) is 0. The number of aromatic nitrogens is 1. The summed E-state index contributed by atoms with van der Waals surface area (Å²) in [5, 5.41) is 0. The third-order valence-corrected chi connectivity index (χ3v) is 1.62. The zero-order chi connectivity index (χ0) is 8.81. The summed E-state index contributed by atoms with van der Waals surface area (Å²) in [5.41, 5.74) is 0.955. The van der Waals surface area contributed by atoms with E-state index in [9.17, 15) is 4.79 Å². The highest BCUT2D eigenvalue weighted by Crippen LogP contribution is 2.10. The van der Waals surface area contributed by atoms with Gasteiger partial charge in [0.15, 0.2) is 0 Å². The van der Waals surface area contributed by atoms with Crippen LogP contribution in [0.5, 0.6) is 0 Å². The maximum atomic E-state index is 9.83. The molecule has 3 nitrogen and oxygen atoms in total. The maximum Gasteiger partial charge on any atom is 0.234 e. The monoisotopic (exact) mass is 162 g/mol. The lowest BCUT2D eigenvalue weighted by atomic mass is 10.1. The van der Waals surface area contributed by atoms with Gasteiger partial charge in [0.1, 0.15) is 0 Å². The van der Waals surface area contributed by atoms with Crippen molar-refractivity contribution in [3.05, 3.63) is 30.1 Å². The molecule has 1 heterocycles. The van der Waals surface area contributed by atoms with Gasteiger partial charge in [-0.25, -0.2) is 9.79 Å². The lowest BCUT2D eigenvalue weighted by Crippen LogP contribution is -1.99. The van der Waals surface area contributed by atoms with Gasteiger partial charge in [-0.15, -0.1) is 0 Å². The summed E-state index contributed by atoms with van der Waals surface area (Å²) in [4.78, 5) is 17.5. The van der Waals surface area contributed by atoms with Crippen molar-refractivity contribution in [3.63, 3.8) is 0 Å². The molecule has 1 aromatic rings. The number of isocyanates is 1. The molecule has 1 rings (SSSR count). The minimum absolute atomic E-state index is 0.188. The Balaban J connectivity index is 2.65. The van der Waals surface area contributed by atoms with Gasteiger partial charge in [-0.05, 0) is 12.1 Å². The van der Waals surface area contributed by atoms with Crippen LogP contribution >= 0.6 is 0 Å². The molecule has 0 saturated heterocycles. The van der Waals surface area contributed by atoms with Gasteiger partial charge in [0.2, 0.25) is 6.08 Å². The molecule has 0 radical (unpaired) electrons. The molecular formula is C9H10N2O. The molecule has 0 aromatic carbocycles. The second kappa shape index (κ2) is 4.42. The fourth-order valence-electron chi connectivity index (χ4n) is 0.935. The van der Waals surface area contributed by atoms with Crippen LogP contribution in [0.2, 0.25) is 0 Å². The van der Waals surface area contributed by atoms with E-state index in [2.05, 4.69) is 9.98 Å². The number of aliphatic imine (C=N–C) groups is 1. The van der Waals surface area contributed by atoms with E-state index >= 15 is 0 Å². The standard InChI is InChI=1S/C9H10N2O/c1-8(6-10-7-12)9-4-2-3-5-11-9/h2-5,8H,6H2,1H3. The highest BCUT2D eigenvalue weighted by atomic mass is 16.1. The number of nitrogens with zero attached hydrogens (tertiary/aromatic N) is 2. The van der Waals surface area contributed by atoms with Crippen LogP contribution in [0.3, 0.4) is 0 Å². The van der Waals surface area contributed by atoms with Crippen molar-refractivity contribution >= 4 is 6.08 Å². The second-order valence-corrected chi connectivity index (χ2v) is 2.59. The number of carbonyl (C=O) groups excluding carboxylic acids is 1. The number of rotatable bonds is 3. The van der Waals surface area contributed by atoms with Crippen molar-refractivity contribution in [3.8, 4) is 0 Å². The van der Waals surface area contributed by atoms with Crippen LogP contribution in [0.25, 0.3) is 0 Å². The van der Waals surface area contributed by atoms with Gasteiger partial charge in [0, 0.05) is 17.8 Å². The minimum Gasteiger partial charge on any atom is -0.261 e. The average Bonchev–Trinajstić information content (AvgIpc) is 2.15. The molecule has 0 aliphatic rings.